The molecule has 0 saturated carbocycles. The fraction of sp³-hybridized carbons (Fsp3) is 0.583. The van der Waals surface area contributed by atoms with Crippen LogP contribution in [0.25, 0.3) is 5.65 Å². The third-order valence-electron chi connectivity index (χ3n) is 3.62. The number of aryl methyl sites for hydroxylation is 1. The van der Waals surface area contributed by atoms with Gasteiger partial charge < -0.3 is 10.0 Å². The fourth-order valence-corrected chi connectivity index (χ4v) is 2.35. The first-order valence-corrected chi connectivity index (χ1v) is 6.20. The van der Waals surface area contributed by atoms with Crippen LogP contribution in [0.15, 0.2) is 12.4 Å². The molecule has 0 spiro atoms. The van der Waals surface area contributed by atoms with Crippen LogP contribution < -0.4 is 4.90 Å². The molecule has 0 atom stereocenters. The number of fused-ring (bicyclic) bond motifs is 1. The largest absolute Gasteiger partial charge is 0.390 e. The zero-order chi connectivity index (χ0) is 12.8. The van der Waals surface area contributed by atoms with Crippen molar-refractivity contribution in [1.82, 2.24) is 19.6 Å². The van der Waals surface area contributed by atoms with Crippen molar-refractivity contribution < 1.29 is 5.11 Å². The summed E-state index contributed by atoms with van der Waals surface area (Å²) in [6, 6.07) is 0. The molecule has 0 bridgehead atoms. The average Bonchev–Trinajstić information content (AvgIpc) is 2.72. The van der Waals surface area contributed by atoms with Crippen LogP contribution in [0.4, 0.5) is 5.82 Å². The Morgan fingerprint density at radius 3 is 2.72 bits per heavy atom. The molecule has 6 heteroatoms. The molecule has 3 rings (SSSR count). The van der Waals surface area contributed by atoms with E-state index in [2.05, 4.69) is 20.1 Å². The second-order valence-electron chi connectivity index (χ2n) is 5.18. The number of aliphatic hydroxyl groups is 1. The van der Waals surface area contributed by atoms with Crippen LogP contribution in [0, 0.1) is 6.92 Å². The van der Waals surface area contributed by atoms with E-state index in [1.54, 1.807) is 6.20 Å². The van der Waals surface area contributed by atoms with Crippen molar-refractivity contribution >= 4 is 11.5 Å². The van der Waals surface area contributed by atoms with Crippen molar-refractivity contribution in [3.8, 4) is 0 Å². The Bertz CT molecular complexity index is 567. The number of hydrogen-bond acceptors (Lipinski definition) is 5. The van der Waals surface area contributed by atoms with Gasteiger partial charge in [-0.1, -0.05) is 0 Å². The highest BCUT2D eigenvalue weighted by molar-refractivity contribution is 5.63. The smallest absolute Gasteiger partial charge is 0.203 e. The van der Waals surface area contributed by atoms with Gasteiger partial charge in [0.2, 0.25) is 5.65 Å². The minimum absolute atomic E-state index is 0.550. The summed E-state index contributed by atoms with van der Waals surface area (Å²) in [6.07, 6.45) is 5.14. The molecule has 2 aromatic heterocycles. The van der Waals surface area contributed by atoms with Gasteiger partial charge in [0, 0.05) is 25.5 Å². The molecule has 1 fully saturated rings. The van der Waals surface area contributed by atoms with E-state index < -0.39 is 5.60 Å². The minimum Gasteiger partial charge on any atom is -0.390 e. The number of rotatable bonds is 1. The van der Waals surface area contributed by atoms with Crippen molar-refractivity contribution in [3.63, 3.8) is 0 Å². The third kappa shape index (κ3) is 1.82. The Morgan fingerprint density at radius 1 is 1.28 bits per heavy atom. The standard InChI is InChI=1S/C12H17N5O/c1-9-14-15-11-10(13-5-8-17(9)11)16-6-3-12(2,18)4-7-16/h5,8,18H,3-4,6-7H2,1-2H3. The summed E-state index contributed by atoms with van der Waals surface area (Å²) >= 11 is 0. The maximum Gasteiger partial charge on any atom is 0.203 e. The van der Waals surface area contributed by atoms with Gasteiger partial charge in [0.15, 0.2) is 5.82 Å². The second-order valence-corrected chi connectivity index (χ2v) is 5.18. The average molecular weight is 247 g/mol. The van der Waals surface area contributed by atoms with Gasteiger partial charge in [0.25, 0.3) is 0 Å². The lowest BCUT2D eigenvalue weighted by atomic mass is 9.94. The normalized spacial score (nSPS) is 19.4. The second kappa shape index (κ2) is 3.91. The number of nitrogens with zero attached hydrogens (tertiary/aromatic N) is 5. The van der Waals surface area contributed by atoms with E-state index in [-0.39, 0.29) is 0 Å². The van der Waals surface area contributed by atoms with Crippen LogP contribution >= 0.6 is 0 Å². The van der Waals surface area contributed by atoms with E-state index in [0.717, 1.165) is 43.2 Å². The summed E-state index contributed by atoms with van der Waals surface area (Å²) in [5.41, 5.74) is 0.238. The fourth-order valence-electron chi connectivity index (χ4n) is 2.35. The molecule has 6 nitrogen and oxygen atoms in total. The molecule has 3 heterocycles. The SMILES string of the molecule is Cc1nnc2c(N3CCC(C)(O)CC3)nccn12. The van der Waals surface area contributed by atoms with Crippen LogP contribution in [-0.4, -0.2) is 43.4 Å². The van der Waals surface area contributed by atoms with Gasteiger partial charge in [-0.3, -0.25) is 4.40 Å². The molecule has 2 aromatic rings. The van der Waals surface area contributed by atoms with Crippen LogP contribution in [-0.2, 0) is 0 Å². The van der Waals surface area contributed by atoms with Crippen molar-refractivity contribution in [2.45, 2.75) is 32.3 Å². The summed E-state index contributed by atoms with van der Waals surface area (Å²) in [5, 5.41) is 18.2. The Kier molecular flexibility index (Phi) is 2.48. The van der Waals surface area contributed by atoms with E-state index in [1.165, 1.54) is 0 Å². The van der Waals surface area contributed by atoms with Crippen LogP contribution in [0.1, 0.15) is 25.6 Å². The summed E-state index contributed by atoms with van der Waals surface area (Å²) < 4.78 is 1.94. The lowest BCUT2D eigenvalue weighted by Gasteiger charge is -2.36. The summed E-state index contributed by atoms with van der Waals surface area (Å²) in [6.45, 7) is 5.40. The van der Waals surface area contributed by atoms with E-state index in [4.69, 9.17) is 0 Å². The molecule has 96 valence electrons. The molecule has 0 radical (unpaired) electrons. The Morgan fingerprint density at radius 2 is 2.00 bits per heavy atom. The monoisotopic (exact) mass is 247 g/mol. The molecule has 0 amide bonds. The molecule has 18 heavy (non-hydrogen) atoms. The summed E-state index contributed by atoms with van der Waals surface area (Å²) in [4.78, 5) is 6.58. The molecular weight excluding hydrogens is 230 g/mol. The number of piperidine rings is 1. The summed E-state index contributed by atoms with van der Waals surface area (Å²) in [7, 11) is 0. The van der Waals surface area contributed by atoms with Crippen LogP contribution in [0.5, 0.6) is 0 Å². The lowest BCUT2D eigenvalue weighted by Crippen LogP contribution is -2.43. The first-order valence-electron chi connectivity index (χ1n) is 6.20. The van der Waals surface area contributed by atoms with Crippen molar-refractivity contribution in [2.75, 3.05) is 18.0 Å². The highest BCUT2D eigenvalue weighted by atomic mass is 16.3. The molecule has 1 aliphatic heterocycles. The maximum absolute atomic E-state index is 9.98. The predicted octanol–water partition coefficient (Wildman–Crippen LogP) is 0.784. The number of aromatic nitrogens is 4. The third-order valence-corrected chi connectivity index (χ3v) is 3.62. The van der Waals surface area contributed by atoms with Crippen molar-refractivity contribution in [3.05, 3.63) is 18.2 Å². The van der Waals surface area contributed by atoms with E-state index in [9.17, 15) is 5.11 Å². The summed E-state index contributed by atoms with van der Waals surface area (Å²) in [5.74, 6) is 1.71. The molecular formula is C12H17N5O. The molecule has 1 saturated heterocycles. The quantitative estimate of drug-likeness (QED) is 0.806. The number of hydrogen-bond donors (Lipinski definition) is 1. The zero-order valence-electron chi connectivity index (χ0n) is 10.7. The van der Waals surface area contributed by atoms with Gasteiger partial charge in [0.05, 0.1) is 5.60 Å². The Hall–Kier alpha value is -1.69. The highest BCUT2D eigenvalue weighted by Gasteiger charge is 2.29. The van der Waals surface area contributed by atoms with E-state index >= 15 is 0 Å². The van der Waals surface area contributed by atoms with Gasteiger partial charge in [-0.25, -0.2) is 4.98 Å². The Labute approximate surface area is 105 Å². The van der Waals surface area contributed by atoms with Crippen molar-refractivity contribution in [1.29, 1.82) is 0 Å². The zero-order valence-corrected chi connectivity index (χ0v) is 10.7. The van der Waals surface area contributed by atoms with Gasteiger partial charge in [-0.15, -0.1) is 10.2 Å². The first kappa shape index (κ1) is 11.4. The Balaban J connectivity index is 1.95. The topological polar surface area (TPSA) is 66.5 Å². The van der Waals surface area contributed by atoms with Crippen molar-refractivity contribution in [2.24, 2.45) is 0 Å². The molecule has 1 N–H and O–H groups in total. The van der Waals surface area contributed by atoms with Crippen LogP contribution in [0.3, 0.4) is 0 Å². The van der Waals surface area contributed by atoms with Gasteiger partial charge >= 0.3 is 0 Å². The predicted molar refractivity (Wildman–Crippen MR) is 67.6 cm³/mol. The van der Waals surface area contributed by atoms with E-state index in [1.807, 2.05) is 24.4 Å². The molecule has 0 aromatic carbocycles. The van der Waals surface area contributed by atoms with Crippen LogP contribution in [0.2, 0.25) is 0 Å². The van der Waals surface area contributed by atoms with Gasteiger partial charge in [-0.2, -0.15) is 0 Å². The minimum atomic E-state index is -0.550. The van der Waals surface area contributed by atoms with Gasteiger partial charge in [-0.05, 0) is 26.7 Å². The highest BCUT2D eigenvalue weighted by Crippen LogP contribution is 2.26. The maximum atomic E-state index is 9.98. The number of anilines is 1. The van der Waals surface area contributed by atoms with Gasteiger partial charge in [0.1, 0.15) is 5.82 Å². The molecule has 0 aliphatic carbocycles. The molecule has 0 unspecified atom stereocenters. The molecule has 1 aliphatic rings. The first-order chi connectivity index (χ1) is 8.57. The lowest BCUT2D eigenvalue weighted by molar-refractivity contribution is 0.0350. The van der Waals surface area contributed by atoms with E-state index in [0.29, 0.717) is 0 Å².